The molecule has 0 saturated carbocycles. The first-order chi connectivity index (χ1) is 3.72. The van der Waals surface area contributed by atoms with Gasteiger partial charge >= 0.3 is 0 Å². The Labute approximate surface area is 48.8 Å². The second-order valence-corrected chi connectivity index (χ2v) is 1.51. The zero-order valence-corrected chi connectivity index (χ0v) is 5.14. The SMILES string of the molecule is C=NC(=O)[C@H](C)NC. The van der Waals surface area contributed by atoms with E-state index in [0.29, 0.717) is 0 Å². The van der Waals surface area contributed by atoms with E-state index in [4.69, 9.17) is 0 Å². The van der Waals surface area contributed by atoms with Crippen LogP contribution in [0.4, 0.5) is 0 Å². The van der Waals surface area contributed by atoms with Gasteiger partial charge in [-0.3, -0.25) is 4.79 Å². The summed E-state index contributed by atoms with van der Waals surface area (Å²) >= 11 is 0. The summed E-state index contributed by atoms with van der Waals surface area (Å²) in [6, 6.07) is -0.201. The Bertz CT molecular complexity index is 101. The summed E-state index contributed by atoms with van der Waals surface area (Å²) in [4.78, 5) is 13.7. The van der Waals surface area contributed by atoms with Crippen LogP contribution in [0, 0.1) is 0 Å². The van der Waals surface area contributed by atoms with Gasteiger partial charge in [-0.05, 0) is 20.7 Å². The van der Waals surface area contributed by atoms with Crippen LogP contribution in [0.5, 0.6) is 0 Å². The Hall–Kier alpha value is -0.700. The quantitative estimate of drug-likeness (QED) is 0.506. The van der Waals surface area contributed by atoms with E-state index in [0.717, 1.165) is 0 Å². The van der Waals surface area contributed by atoms with Crippen LogP contribution in [0.15, 0.2) is 4.99 Å². The Morgan fingerprint density at radius 2 is 2.38 bits per heavy atom. The number of nitrogens with zero attached hydrogens (tertiary/aromatic N) is 1. The lowest BCUT2D eigenvalue weighted by atomic mass is 10.3. The van der Waals surface area contributed by atoms with Crippen molar-refractivity contribution in [1.29, 1.82) is 0 Å². The highest BCUT2D eigenvalue weighted by Gasteiger charge is 2.04. The van der Waals surface area contributed by atoms with Gasteiger partial charge in [0.15, 0.2) is 0 Å². The fourth-order valence-electron chi connectivity index (χ4n) is 0.260. The van der Waals surface area contributed by atoms with E-state index in [1.165, 1.54) is 0 Å². The number of hydrogen-bond donors (Lipinski definition) is 1. The molecule has 0 aliphatic heterocycles. The first-order valence-electron chi connectivity index (χ1n) is 2.40. The van der Waals surface area contributed by atoms with Crippen molar-refractivity contribution in [3.05, 3.63) is 0 Å². The van der Waals surface area contributed by atoms with Gasteiger partial charge in [-0.25, -0.2) is 4.99 Å². The second-order valence-electron chi connectivity index (χ2n) is 1.51. The van der Waals surface area contributed by atoms with Crippen LogP contribution in [0.25, 0.3) is 0 Å². The van der Waals surface area contributed by atoms with E-state index in [1.807, 2.05) is 0 Å². The van der Waals surface area contributed by atoms with Gasteiger partial charge in [0, 0.05) is 0 Å². The maximum atomic E-state index is 10.5. The zero-order valence-electron chi connectivity index (χ0n) is 5.14. The summed E-state index contributed by atoms with van der Waals surface area (Å²) in [7, 11) is 1.70. The van der Waals surface area contributed by atoms with Crippen molar-refractivity contribution in [3.8, 4) is 0 Å². The highest BCUT2D eigenvalue weighted by atomic mass is 16.1. The minimum atomic E-state index is -0.215. The first kappa shape index (κ1) is 7.30. The van der Waals surface area contributed by atoms with Crippen LogP contribution in [-0.4, -0.2) is 25.7 Å². The van der Waals surface area contributed by atoms with Crippen LogP contribution < -0.4 is 5.32 Å². The van der Waals surface area contributed by atoms with Crippen molar-refractivity contribution >= 4 is 12.6 Å². The lowest BCUT2D eigenvalue weighted by Crippen LogP contribution is -2.28. The Kier molecular flexibility index (Phi) is 3.03. The van der Waals surface area contributed by atoms with Crippen LogP contribution in [0.2, 0.25) is 0 Å². The molecule has 0 fully saturated rings. The molecule has 0 bridgehead atoms. The third-order valence-corrected chi connectivity index (χ3v) is 0.959. The molecule has 0 aliphatic rings. The molecule has 0 aromatic heterocycles. The van der Waals surface area contributed by atoms with Gasteiger partial charge in [0.25, 0.3) is 5.91 Å². The van der Waals surface area contributed by atoms with Crippen molar-refractivity contribution in [2.45, 2.75) is 13.0 Å². The van der Waals surface area contributed by atoms with E-state index in [1.54, 1.807) is 14.0 Å². The van der Waals surface area contributed by atoms with Gasteiger partial charge in [0.2, 0.25) is 0 Å². The van der Waals surface area contributed by atoms with Gasteiger partial charge in [-0.2, -0.15) is 0 Å². The van der Waals surface area contributed by atoms with Gasteiger partial charge in [-0.1, -0.05) is 0 Å². The number of carbonyl (C=O) groups excluding carboxylic acids is 1. The summed E-state index contributed by atoms with van der Waals surface area (Å²) in [6.07, 6.45) is 0. The van der Waals surface area contributed by atoms with Crippen molar-refractivity contribution in [1.82, 2.24) is 5.32 Å². The van der Waals surface area contributed by atoms with Gasteiger partial charge in [0.1, 0.15) is 0 Å². The number of aliphatic imine (C=N–C) groups is 1. The van der Waals surface area contributed by atoms with Crippen LogP contribution in [0.3, 0.4) is 0 Å². The van der Waals surface area contributed by atoms with E-state index in [-0.39, 0.29) is 11.9 Å². The van der Waals surface area contributed by atoms with E-state index < -0.39 is 0 Å². The molecule has 3 nitrogen and oxygen atoms in total. The summed E-state index contributed by atoms with van der Waals surface area (Å²) in [5, 5.41) is 2.73. The number of amides is 1. The standard InChI is InChI=1S/C5H10N2O/c1-4(6-2)5(8)7-3/h4,6H,3H2,1-2H3/t4-/m0/s1. The maximum Gasteiger partial charge on any atom is 0.261 e. The summed E-state index contributed by atoms with van der Waals surface area (Å²) in [6.45, 7) is 4.82. The lowest BCUT2D eigenvalue weighted by Gasteiger charge is -2.01. The predicted molar refractivity (Wildman–Crippen MR) is 33.1 cm³/mol. The number of rotatable bonds is 2. The average Bonchev–Trinajstić information content (AvgIpc) is 1.84. The number of nitrogens with one attached hydrogen (secondary N) is 1. The lowest BCUT2D eigenvalue weighted by molar-refractivity contribution is -0.119. The highest BCUT2D eigenvalue weighted by Crippen LogP contribution is 1.81. The molecule has 0 spiro atoms. The fraction of sp³-hybridized carbons (Fsp3) is 0.600. The molecule has 0 aliphatic carbocycles. The first-order valence-corrected chi connectivity index (χ1v) is 2.40. The summed E-state index contributed by atoms with van der Waals surface area (Å²) < 4.78 is 0. The predicted octanol–water partition coefficient (Wildman–Crippen LogP) is -0.179. The molecular weight excluding hydrogens is 104 g/mol. The Morgan fingerprint density at radius 1 is 1.88 bits per heavy atom. The molecule has 0 aromatic rings. The monoisotopic (exact) mass is 114 g/mol. The van der Waals surface area contributed by atoms with E-state index in [2.05, 4.69) is 17.0 Å². The smallest absolute Gasteiger partial charge is 0.261 e. The Balaban J connectivity index is 3.62. The minimum absolute atomic E-state index is 0.201. The number of hydrogen-bond acceptors (Lipinski definition) is 2. The minimum Gasteiger partial charge on any atom is -0.309 e. The third-order valence-electron chi connectivity index (χ3n) is 0.959. The van der Waals surface area contributed by atoms with Crippen LogP contribution in [0.1, 0.15) is 6.92 Å². The normalized spacial score (nSPS) is 12.8. The molecule has 0 aromatic carbocycles. The molecule has 3 heteroatoms. The van der Waals surface area contributed by atoms with Crippen molar-refractivity contribution in [2.75, 3.05) is 7.05 Å². The summed E-state index contributed by atoms with van der Waals surface area (Å²) in [5.41, 5.74) is 0. The van der Waals surface area contributed by atoms with E-state index in [9.17, 15) is 4.79 Å². The van der Waals surface area contributed by atoms with Crippen LogP contribution in [-0.2, 0) is 4.79 Å². The van der Waals surface area contributed by atoms with Crippen LogP contribution >= 0.6 is 0 Å². The molecule has 8 heavy (non-hydrogen) atoms. The largest absolute Gasteiger partial charge is 0.309 e. The molecule has 0 heterocycles. The van der Waals surface area contributed by atoms with Crippen molar-refractivity contribution < 1.29 is 4.79 Å². The summed E-state index contributed by atoms with van der Waals surface area (Å²) in [5.74, 6) is -0.215. The molecule has 1 atom stereocenters. The molecule has 0 unspecified atom stereocenters. The molecule has 0 radical (unpaired) electrons. The van der Waals surface area contributed by atoms with Gasteiger partial charge < -0.3 is 5.32 Å². The molecule has 46 valence electrons. The maximum absolute atomic E-state index is 10.5. The average molecular weight is 114 g/mol. The Morgan fingerprint density at radius 3 is 2.50 bits per heavy atom. The van der Waals surface area contributed by atoms with Gasteiger partial charge in [0.05, 0.1) is 6.04 Å². The number of carbonyl (C=O) groups is 1. The van der Waals surface area contributed by atoms with Crippen molar-refractivity contribution in [3.63, 3.8) is 0 Å². The molecule has 1 N–H and O–H groups in total. The zero-order chi connectivity index (χ0) is 6.57. The van der Waals surface area contributed by atoms with Gasteiger partial charge in [-0.15, -0.1) is 0 Å². The molecule has 0 rings (SSSR count). The molecule has 1 amide bonds. The molecular formula is C5H10N2O. The van der Waals surface area contributed by atoms with E-state index >= 15 is 0 Å². The van der Waals surface area contributed by atoms with Crippen molar-refractivity contribution in [2.24, 2.45) is 4.99 Å². The third kappa shape index (κ3) is 1.84. The topological polar surface area (TPSA) is 41.5 Å². The molecule has 0 saturated heterocycles. The highest BCUT2D eigenvalue weighted by molar-refractivity contribution is 5.85. The fourth-order valence-corrected chi connectivity index (χ4v) is 0.260. The second kappa shape index (κ2) is 3.32. The number of likely N-dealkylation sites (N-methyl/N-ethyl adjacent to an activating group) is 1.